The quantitative estimate of drug-likeness (QED) is 0.864. The van der Waals surface area contributed by atoms with Crippen LogP contribution in [-0.2, 0) is 0 Å². The van der Waals surface area contributed by atoms with Gasteiger partial charge in [0, 0.05) is 5.69 Å². The number of pyridine rings is 1. The second-order valence-electron chi connectivity index (χ2n) is 3.34. The van der Waals surface area contributed by atoms with Gasteiger partial charge < -0.3 is 15.2 Å². The van der Waals surface area contributed by atoms with Gasteiger partial charge >= 0.3 is 0 Å². The molecule has 0 spiro atoms. The molecule has 0 aromatic carbocycles. The van der Waals surface area contributed by atoms with Gasteiger partial charge in [0.15, 0.2) is 5.69 Å². The highest BCUT2D eigenvalue weighted by Gasteiger charge is 2.10. The third-order valence-electron chi connectivity index (χ3n) is 2.10. The van der Waals surface area contributed by atoms with Crippen LogP contribution in [0.25, 0.3) is 0 Å². The van der Waals surface area contributed by atoms with Crippen LogP contribution in [0.1, 0.15) is 5.69 Å². The fraction of sp³-hybridized carbons (Fsp3) is 0.182. The monoisotopic (exact) mass is 232 g/mol. The summed E-state index contributed by atoms with van der Waals surface area (Å²) in [5.41, 5.74) is 6.94. The van der Waals surface area contributed by atoms with E-state index in [4.69, 9.17) is 15.2 Å². The van der Waals surface area contributed by atoms with Crippen molar-refractivity contribution >= 4 is 5.69 Å². The molecule has 17 heavy (non-hydrogen) atoms. The van der Waals surface area contributed by atoms with Gasteiger partial charge in [-0.25, -0.2) is 0 Å². The van der Waals surface area contributed by atoms with Gasteiger partial charge in [-0.05, 0) is 19.1 Å². The van der Waals surface area contributed by atoms with Crippen molar-refractivity contribution in [2.45, 2.75) is 6.92 Å². The maximum Gasteiger partial charge on any atom is 0.249 e. The van der Waals surface area contributed by atoms with Crippen molar-refractivity contribution in [1.82, 2.24) is 15.0 Å². The van der Waals surface area contributed by atoms with E-state index >= 15 is 0 Å². The average molecular weight is 232 g/mol. The minimum atomic E-state index is 0.252. The summed E-state index contributed by atoms with van der Waals surface area (Å²) >= 11 is 0. The summed E-state index contributed by atoms with van der Waals surface area (Å²) in [6.45, 7) is 1.89. The SMILES string of the molecule is COc1ncnc(Oc2ccc(C)nc2)c1N. The summed E-state index contributed by atoms with van der Waals surface area (Å²) in [5.74, 6) is 1.10. The Morgan fingerprint density at radius 1 is 1.12 bits per heavy atom. The molecule has 2 heterocycles. The molecule has 6 nitrogen and oxygen atoms in total. The van der Waals surface area contributed by atoms with Crippen molar-refractivity contribution in [2.24, 2.45) is 0 Å². The van der Waals surface area contributed by atoms with Gasteiger partial charge in [0.1, 0.15) is 12.1 Å². The summed E-state index contributed by atoms with van der Waals surface area (Å²) in [5, 5.41) is 0. The van der Waals surface area contributed by atoms with Crippen molar-refractivity contribution in [3.8, 4) is 17.5 Å². The van der Waals surface area contributed by atoms with Crippen molar-refractivity contribution in [1.29, 1.82) is 0 Å². The first-order valence-electron chi connectivity index (χ1n) is 4.95. The largest absolute Gasteiger partial charge is 0.479 e. The Balaban J connectivity index is 2.27. The van der Waals surface area contributed by atoms with E-state index in [1.54, 1.807) is 12.3 Å². The predicted molar refractivity (Wildman–Crippen MR) is 62.0 cm³/mol. The molecule has 0 unspecified atom stereocenters. The molecule has 0 saturated carbocycles. The molecule has 2 aromatic heterocycles. The number of aryl methyl sites for hydroxylation is 1. The first kappa shape index (κ1) is 11.1. The third kappa shape index (κ3) is 2.41. The molecule has 0 saturated heterocycles. The van der Waals surface area contributed by atoms with Crippen LogP contribution >= 0.6 is 0 Å². The molecule has 0 radical (unpaired) electrons. The summed E-state index contributed by atoms with van der Waals surface area (Å²) in [6, 6.07) is 3.63. The Kier molecular flexibility index (Phi) is 3.04. The fourth-order valence-electron chi connectivity index (χ4n) is 1.23. The molecule has 0 aliphatic carbocycles. The predicted octanol–water partition coefficient (Wildman–Crippen LogP) is 1.56. The molecule has 0 aliphatic rings. The van der Waals surface area contributed by atoms with Gasteiger partial charge in [-0.15, -0.1) is 0 Å². The van der Waals surface area contributed by atoms with Crippen LogP contribution in [0, 0.1) is 6.92 Å². The number of hydrogen-bond acceptors (Lipinski definition) is 6. The standard InChI is InChI=1S/C11H12N4O2/c1-7-3-4-8(5-13-7)17-11-9(12)10(16-2)14-6-15-11/h3-6H,12H2,1-2H3. The van der Waals surface area contributed by atoms with Gasteiger partial charge in [0.2, 0.25) is 11.8 Å². The lowest BCUT2D eigenvalue weighted by molar-refractivity contribution is 0.391. The number of nitrogen functional groups attached to an aromatic ring is 1. The molecule has 0 bridgehead atoms. The van der Waals surface area contributed by atoms with E-state index in [0.29, 0.717) is 5.75 Å². The maximum atomic E-state index is 5.78. The summed E-state index contributed by atoms with van der Waals surface area (Å²) in [6.07, 6.45) is 2.93. The normalized spacial score (nSPS) is 10.0. The molecule has 88 valence electrons. The first-order valence-corrected chi connectivity index (χ1v) is 4.95. The van der Waals surface area contributed by atoms with E-state index in [2.05, 4.69) is 15.0 Å². The highest BCUT2D eigenvalue weighted by molar-refractivity contribution is 5.56. The van der Waals surface area contributed by atoms with E-state index in [9.17, 15) is 0 Å². The minimum Gasteiger partial charge on any atom is -0.479 e. The molecule has 0 aliphatic heterocycles. The van der Waals surface area contributed by atoms with Crippen LogP contribution < -0.4 is 15.2 Å². The highest BCUT2D eigenvalue weighted by atomic mass is 16.5. The Morgan fingerprint density at radius 3 is 2.53 bits per heavy atom. The third-order valence-corrected chi connectivity index (χ3v) is 2.10. The zero-order chi connectivity index (χ0) is 12.3. The van der Waals surface area contributed by atoms with Gasteiger partial charge in [-0.2, -0.15) is 9.97 Å². The van der Waals surface area contributed by atoms with Gasteiger partial charge in [0.05, 0.1) is 13.3 Å². The van der Waals surface area contributed by atoms with Crippen LogP contribution in [0.15, 0.2) is 24.7 Å². The number of nitrogens with two attached hydrogens (primary N) is 1. The van der Waals surface area contributed by atoms with Crippen LogP contribution in [0.3, 0.4) is 0 Å². The lowest BCUT2D eigenvalue weighted by Gasteiger charge is -2.08. The minimum absolute atomic E-state index is 0.252. The van der Waals surface area contributed by atoms with Crippen LogP contribution in [0.2, 0.25) is 0 Å². The van der Waals surface area contributed by atoms with E-state index in [1.807, 2.05) is 13.0 Å². The first-order chi connectivity index (χ1) is 8.20. The Labute approximate surface area is 98.4 Å². The van der Waals surface area contributed by atoms with Crippen LogP contribution in [0.4, 0.5) is 5.69 Å². The van der Waals surface area contributed by atoms with Gasteiger partial charge in [-0.3, -0.25) is 4.98 Å². The number of ether oxygens (including phenoxy) is 2. The zero-order valence-corrected chi connectivity index (χ0v) is 9.54. The lowest BCUT2D eigenvalue weighted by atomic mass is 10.4. The number of methoxy groups -OCH3 is 1. The summed E-state index contributed by atoms with van der Waals surface area (Å²) < 4.78 is 10.5. The van der Waals surface area contributed by atoms with Crippen molar-refractivity contribution < 1.29 is 9.47 Å². The Hall–Kier alpha value is -2.37. The topological polar surface area (TPSA) is 83.2 Å². The number of rotatable bonds is 3. The highest BCUT2D eigenvalue weighted by Crippen LogP contribution is 2.29. The smallest absolute Gasteiger partial charge is 0.249 e. The van der Waals surface area contributed by atoms with Gasteiger partial charge in [-0.1, -0.05) is 0 Å². The van der Waals surface area contributed by atoms with E-state index < -0.39 is 0 Å². The number of hydrogen-bond donors (Lipinski definition) is 1. The maximum absolute atomic E-state index is 5.78. The second-order valence-corrected chi connectivity index (χ2v) is 3.34. The molecule has 0 fully saturated rings. The van der Waals surface area contributed by atoms with Crippen molar-refractivity contribution in [3.05, 3.63) is 30.4 Å². The molecule has 6 heteroatoms. The molecule has 2 N–H and O–H groups in total. The molecule has 0 amide bonds. The lowest BCUT2D eigenvalue weighted by Crippen LogP contribution is -2.00. The number of anilines is 1. The molecule has 0 atom stereocenters. The second kappa shape index (κ2) is 4.65. The Morgan fingerprint density at radius 2 is 1.88 bits per heavy atom. The average Bonchev–Trinajstić information content (AvgIpc) is 2.35. The van der Waals surface area contributed by atoms with Gasteiger partial charge in [0.25, 0.3) is 0 Å². The van der Waals surface area contributed by atoms with Crippen LogP contribution in [0.5, 0.6) is 17.5 Å². The Bertz CT molecular complexity index is 513. The summed E-state index contributed by atoms with van der Waals surface area (Å²) in [4.78, 5) is 11.9. The van der Waals surface area contributed by atoms with Crippen molar-refractivity contribution in [3.63, 3.8) is 0 Å². The molecular formula is C11H12N4O2. The van der Waals surface area contributed by atoms with E-state index in [0.717, 1.165) is 5.69 Å². The molecular weight excluding hydrogens is 220 g/mol. The summed E-state index contributed by atoms with van der Waals surface area (Å²) in [7, 11) is 1.48. The number of aromatic nitrogens is 3. The molecule has 2 aromatic rings. The van der Waals surface area contributed by atoms with E-state index in [-0.39, 0.29) is 17.4 Å². The van der Waals surface area contributed by atoms with E-state index in [1.165, 1.54) is 13.4 Å². The number of nitrogens with zero attached hydrogens (tertiary/aromatic N) is 3. The van der Waals surface area contributed by atoms with Crippen LogP contribution in [-0.4, -0.2) is 22.1 Å². The molecule has 2 rings (SSSR count). The fourth-order valence-corrected chi connectivity index (χ4v) is 1.23. The van der Waals surface area contributed by atoms with Crippen molar-refractivity contribution in [2.75, 3.05) is 12.8 Å². The zero-order valence-electron chi connectivity index (χ0n) is 9.54.